The van der Waals surface area contributed by atoms with Crippen molar-refractivity contribution in [2.75, 3.05) is 23.7 Å². The topological polar surface area (TPSA) is 130 Å². The zero-order chi connectivity index (χ0) is 29.2. The normalized spacial score (nSPS) is 18.4. The van der Waals surface area contributed by atoms with E-state index < -0.39 is 5.92 Å². The summed E-state index contributed by atoms with van der Waals surface area (Å²) in [6.45, 7) is 3.01. The molecule has 6 rings (SSSR count). The van der Waals surface area contributed by atoms with E-state index in [4.69, 9.17) is 5.73 Å². The number of aromatic amines is 1. The number of ketones is 2. The Bertz CT molecular complexity index is 1630. The summed E-state index contributed by atoms with van der Waals surface area (Å²) in [7, 11) is 0. The second-order valence-corrected chi connectivity index (χ2v) is 11.8. The molecular weight excluding hydrogens is 538 g/mol. The highest BCUT2D eigenvalue weighted by Gasteiger charge is 2.30. The molecule has 8 nitrogen and oxygen atoms in total. The maximum Gasteiger partial charge on any atom is 0.228 e. The molecule has 1 saturated carbocycles. The number of hydrogen-bond donors (Lipinski definition) is 4. The minimum Gasteiger partial charge on any atom is -0.377 e. The van der Waals surface area contributed by atoms with E-state index in [-0.39, 0.29) is 43.8 Å². The fourth-order valence-electron chi connectivity index (χ4n) is 6.42. The Hall–Kier alpha value is -4.30. The molecule has 0 bridgehead atoms. The molecule has 224 valence electrons. The van der Waals surface area contributed by atoms with Gasteiger partial charge in [-0.15, -0.1) is 0 Å². The Kier molecular flexibility index (Phi) is 9.06. The van der Waals surface area contributed by atoms with Crippen molar-refractivity contribution >= 4 is 39.9 Å². The average Bonchev–Trinajstić information content (AvgIpc) is 3.62. The summed E-state index contributed by atoms with van der Waals surface area (Å²) >= 11 is 0. The van der Waals surface area contributed by atoms with Crippen molar-refractivity contribution in [1.82, 2.24) is 9.97 Å². The first-order valence-electron chi connectivity index (χ1n) is 14.9. The predicted octanol–water partition coefficient (Wildman–Crippen LogP) is 6.30. The third kappa shape index (κ3) is 6.54. The zero-order valence-electron chi connectivity index (χ0n) is 23.9. The number of aryl methyl sites for hydroxylation is 1. The fraction of sp³-hybridized carbons (Fsp3) is 0.371. The number of rotatable bonds is 9. The van der Waals surface area contributed by atoms with Crippen LogP contribution in [0.15, 0.2) is 60.9 Å². The van der Waals surface area contributed by atoms with Gasteiger partial charge in [0, 0.05) is 35.2 Å². The number of amides is 1. The van der Waals surface area contributed by atoms with E-state index in [1.807, 2.05) is 12.1 Å². The van der Waals surface area contributed by atoms with Crippen LogP contribution in [0.5, 0.6) is 0 Å². The van der Waals surface area contributed by atoms with Gasteiger partial charge in [0.2, 0.25) is 5.91 Å². The fourth-order valence-corrected chi connectivity index (χ4v) is 6.42. The van der Waals surface area contributed by atoms with Crippen LogP contribution in [0.4, 0.5) is 11.4 Å². The van der Waals surface area contributed by atoms with Gasteiger partial charge in [-0.25, -0.2) is 4.98 Å². The van der Waals surface area contributed by atoms with Gasteiger partial charge in [-0.3, -0.25) is 14.4 Å². The van der Waals surface area contributed by atoms with E-state index in [0.717, 1.165) is 64.7 Å². The number of nitrogens with zero attached hydrogens (tertiary/aromatic N) is 1. The van der Waals surface area contributed by atoms with Crippen LogP contribution in [-0.2, 0) is 16.0 Å². The van der Waals surface area contributed by atoms with Crippen molar-refractivity contribution in [3.63, 3.8) is 0 Å². The number of nitrogens with one attached hydrogen (secondary N) is 3. The van der Waals surface area contributed by atoms with Crippen LogP contribution in [0.2, 0.25) is 0 Å². The molecule has 3 aromatic carbocycles. The molecule has 0 unspecified atom stereocenters. The lowest BCUT2D eigenvalue weighted by Gasteiger charge is -2.27. The molecule has 1 aromatic heterocycles. The minimum atomic E-state index is -0.513. The number of anilines is 2. The zero-order valence-corrected chi connectivity index (χ0v) is 23.9. The van der Waals surface area contributed by atoms with Gasteiger partial charge < -0.3 is 21.4 Å². The van der Waals surface area contributed by atoms with Crippen LogP contribution >= 0.6 is 0 Å². The van der Waals surface area contributed by atoms with Crippen molar-refractivity contribution in [1.29, 1.82) is 0 Å². The van der Waals surface area contributed by atoms with Gasteiger partial charge in [-0.1, -0.05) is 31.7 Å². The Balaban J connectivity index is 0.00000368. The summed E-state index contributed by atoms with van der Waals surface area (Å²) in [5.41, 5.74) is 14.1. The monoisotopic (exact) mass is 579 g/mol. The first-order valence-corrected chi connectivity index (χ1v) is 14.9. The lowest BCUT2D eigenvalue weighted by atomic mass is 9.77. The van der Waals surface area contributed by atoms with Gasteiger partial charge in [0.15, 0.2) is 5.78 Å². The molecule has 8 heteroatoms. The second-order valence-electron chi connectivity index (χ2n) is 11.8. The molecule has 43 heavy (non-hydrogen) atoms. The largest absolute Gasteiger partial charge is 0.377 e. The maximum atomic E-state index is 13.7. The third-order valence-corrected chi connectivity index (χ3v) is 8.99. The lowest BCUT2D eigenvalue weighted by molar-refractivity contribution is -0.129. The van der Waals surface area contributed by atoms with Crippen LogP contribution < -0.4 is 16.4 Å². The number of Topliss-reactive ketones (excluding diaryl/α,β-unsaturated/α-hetero) is 2. The smallest absolute Gasteiger partial charge is 0.228 e. The molecule has 0 saturated heterocycles. The number of H-pyrrole nitrogens is 1. The maximum absolute atomic E-state index is 13.7. The van der Waals surface area contributed by atoms with E-state index in [9.17, 15) is 14.4 Å². The summed E-state index contributed by atoms with van der Waals surface area (Å²) in [5.74, 6) is -0.0253. The van der Waals surface area contributed by atoms with Crippen molar-refractivity contribution < 1.29 is 14.4 Å². The molecule has 1 atom stereocenters. The molecule has 1 amide bonds. The van der Waals surface area contributed by atoms with Gasteiger partial charge in [0.05, 0.1) is 23.9 Å². The summed E-state index contributed by atoms with van der Waals surface area (Å²) in [4.78, 5) is 46.6. The number of carbonyl (C=O) groups excluding carboxylic acids is 3. The van der Waals surface area contributed by atoms with Crippen LogP contribution in [0.1, 0.15) is 61.0 Å². The number of fused-ring (bicyclic) bond motifs is 2. The second kappa shape index (κ2) is 12.9. The lowest BCUT2D eigenvalue weighted by Crippen LogP contribution is -2.31. The summed E-state index contributed by atoms with van der Waals surface area (Å²) in [6.07, 6.45) is 5.97. The molecule has 0 spiro atoms. The number of hydrogen-bond acceptors (Lipinski definition) is 6. The Morgan fingerprint density at radius 2 is 1.79 bits per heavy atom. The molecular formula is C35H41N5O3. The number of nitrogens with two attached hydrogens (primary N) is 1. The Morgan fingerprint density at radius 3 is 2.53 bits per heavy atom. The number of carbonyl (C=O) groups is 3. The van der Waals surface area contributed by atoms with Crippen molar-refractivity contribution in [3.05, 3.63) is 77.6 Å². The molecule has 5 N–H and O–H groups in total. The predicted molar refractivity (Wildman–Crippen MR) is 172 cm³/mol. The highest BCUT2D eigenvalue weighted by molar-refractivity contribution is 6.09. The summed E-state index contributed by atoms with van der Waals surface area (Å²) < 4.78 is 0. The van der Waals surface area contributed by atoms with Crippen LogP contribution in [-0.4, -0.2) is 40.5 Å². The summed E-state index contributed by atoms with van der Waals surface area (Å²) in [5, 5.41) is 6.10. The Labute approximate surface area is 252 Å². The molecule has 1 aliphatic carbocycles. The number of benzene rings is 3. The minimum absolute atomic E-state index is 0. The van der Waals surface area contributed by atoms with Gasteiger partial charge in [-0.2, -0.15) is 0 Å². The number of imidazole rings is 1. The van der Waals surface area contributed by atoms with E-state index in [2.05, 4.69) is 51.8 Å². The standard InChI is InChI=1S/C34H37N5O3.CH4/c1-20-12-30-31(38-19-37-30)16-28(20)23-6-2-21(3-7-23)13-25(14-32(40)24-8-4-22(17-35)5-9-24)34(42)39-26-10-11-27-29(15-26)36-18-33(27)41;/h2-3,6-7,10-12,15-16,19,22,24-25,36H,4-5,8-9,13-14,17-18,35H2,1H3,(H,37,38)(H,39,42);1H4/t22?,24?,25-;/m1./s1. The van der Waals surface area contributed by atoms with E-state index >= 15 is 0 Å². The number of aromatic nitrogens is 2. The highest BCUT2D eigenvalue weighted by Crippen LogP contribution is 2.32. The molecule has 2 heterocycles. The van der Waals surface area contributed by atoms with Gasteiger partial charge >= 0.3 is 0 Å². The van der Waals surface area contributed by atoms with Gasteiger partial charge in [-0.05, 0) is 104 Å². The van der Waals surface area contributed by atoms with Crippen LogP contribution in [0.3, 0.4) is 0 Å². The van der Waals surface area contributed by atoms with Crippen molar-refractivity contribution in [3.8, 4) is 11.1 Å². The van der Waals surface area contributed by atoms with Gasteiger partial charge in [0.1, 0.15) is 5.78 Å². The first-order chi connectivity index (χ1) is 20.4. The SMILES string of the molecule is C.Cc1cc2[nH]cnc2cc1-c1ccc(C[C@H](CC(=O)C2CCC(CN)CC2)C(=O)Nc2ccc3c(c2)NCC3=O)cc1. The van der Waals surface area contributed by atoms with Crippen molar-refractivity contribution in [2.24, 2.45) is 23.5 Å². The van der Waals surface area contributed by atoms with Crippen LogP contribution in [0.25, 0.3) is 22.2 Å². The third-order valence-electron chi connectivity index (χ3n) is 8.99. The highest BCUT2D eigenvalue weighted by atomic mass is 16.2. The van der Waals surface area contributed by atoms with E-state index in [1.165, 1.54) is 0 Å². The van der Waals surface area contributed by atoms with Gasteiger partial charge in [0.25, 0.3) is 0 Å². The van der Waals surface area contributed by atoms with E-state index in [1.54, 1.807) is 24.5 Å². The average molecular weight is 580 g/mol. The first kappa shape index (κ1) is 30.2. The molecule has 1 fully saturated rings. The molecule has 0 radical (unpaired) electrons. The van der Waals surface area contributed by atoms with Crippen LogP contribution in [0, 0.1) is 24.7 Å². The van der Waals surface area contributed by atoms with E-state index in [0.29, 0.717) is 30.1 Å². The summed E-state index contributed by atoms with van der Waals surface area (Å²) in [6, 6.07) is 17.7. The van der Waals surface area contributed by atoms with Crippen molar-refractivity contribution in [2.45, 2.75) is 52.9 Å². The quantitative estimate of drug-likeness (QED) is 0.184. The molecule has 1 aliphatic heterocycles. The molecule has 2 aliphatic rings. The Morgan fingerprint density at radius 1 is 1.02 bits per heavy atom. The molecule has 4 aromatic rings.